The minimum Gasteiger partial charge on any atom is -0.369 e. The van der Waals surface area contributed by atoms with Gasteiger partial charge in [0.25, 0.3) is 0 Å². The van der Waals surface area contributed by atoms with Gasteiger partial charge in [-0.05, 0) is 30.7 Å². The summed E-state index contributed by atoms with van der Waals surface area (Å²) in [6, 6.07) is 9.41. The van der Waals surface area contributed by atoms with Crippen LogP contribution in [0.15, 0.2) is 24.3 Å². The third-order valence-corrected chi connectivity index (χ3v) is 4.51. The number of hydrogen-bond donors (Lipinski definition) is 1. The lowest BCUT2D eigenvalue weighted by atomic mass is 10.1. The number of nitrogens with zero attached hydrogens (tertiary/aromatic N) is 2. The van der Waals surface area contributed by atoms with Crippen molar-refractivity contribution in [2.24, 2.45) is 0 Å². The smallest absolute Gasteiger partial charge is 0.0407 e. The Kier molecular flexibility index (Phi) is 6.34. The third kappa shape index (κ3) is 4.87. The quantitative estimate of drug-likeness (QED) is 0.870. The minimum absolute atomic E-state index is 0.564. The molecule has 1 N–H and O–H groups in total. The van der Waals surface area contributed by atoms with Gasteiger partial charge in [-0.25, -0.2) is 0 Å². The van der Waals surface area contributed by atoms with Crippen LogP contribution in [0.25, 0.3) is 0 Å². The highest BCUT2D eigenvalue weighted by Gasteiger charge is 2.22. The predicted octanol–water partition coefficient (Wildman–Crippen LogP) is 3.24. The van der Waals surface area contributed by atoms with Crippen LogP contribution in [0.5, 0.6) is 0 Å². The monoisotopic (exact) mass is 309 g/mol. The highest BCUT2D eigenvalue weighted by Crippen LogP contribution is 2.20. The first-order chi connectivity index (χ1) is 10.1. The highest BCUT2D eigenvalue weighted by molar-refractivity contribution is 6.30. The average Bonchev–Trinajstić information content (AvgIpc) is 2.49. The third-order valence-electron chi connectivity index (χ3n) is 4.26. The second-order valence-corrected chi connectivity index (χ2v) is 6.56. The fraction of sp³-hybridized carbons (Fsp3) is 0.647. The van der Waals surface area contributed by atoms with Crippen LogP contribution in [0, 0.1) is 0 Å². The Balaban J connectivity index is 1.85. The van der Waals surface area contributed by atoms with E-state index in [1.807, 2.05) is 12.1 Å². The van der Waals surface area contributed by atoms with Crippen molar-refractivity contribution in [1.82, 2.24) is 10.2 Å². The van der Waals surface area contributed by atoms with Gasteiger partial charge in [0.1, 0.15) is 0 Å². The maximum absolute atomic E-state index is 5.96. The van der Waals surface area contributed by atoms with Gasteiger partial charge in [-0.1, -0.05) is 32.4 Å². The van der Waals surface area contributed by atoms with Gasteiger partial charge in [0.15, 0.2) is 0 Å². The van der Waals surface area contributed by atoms with Crippen molar-refractivity contribution in [2.45, 2.75) is 39.3 Å². The minimum atomic E-state index is 0.564. The molecule has 0 amide bonds. The molecule has 1 saturated heterocycles. The van der Waals surface area contributed by atoms with E-state index in [4.69, 9.17) is 11.6 Å². The zero-order chi connectivity index (χ0) is 15.2. The van der Waals surface area contributed by atoms with E-state index in [1.54, 1.807) is 0 Å². The first-order valence-corrected chi connectivity index (χ1v) is 8.46. The largest absolute Gasteiger partial charge is 0.369 e. The molecule has 4 heteroatoms. The topological polar surface area (TPSA) is 18.5 Å². The molecular weight excluding hydrogens is 282 g/mol. The SMILES string of the molecule is CCC(CNC(C)C)N1CCN(c2ccc(Cl)cc2)CC1. The molecule has 1 fully saturated rings. The molecule has 0 saturated carbocycles. The number of rotatable bonds is 6. The highest BCUT2D eigenvalue weighted by atomic mass is 35.5. The standard InChI is InChI=1S/C17H28ClN3/c1-4-16(13-19-14(2)3)20-9-11-21(12-10-20)17-7-5-15(18)6-8-17/h5-8,14,16,19H,4,9-13H2,1-3H3. The lowest BCUT2D eigenvalue weighted by Crippen LogP contribution is -2.53. The van der Waals surface area contributed by atoms with Crippen LogP contribution in [0.3, 0.4) is 0 Å². The van der Waals surface area contributed by atoms with Gasteiger partial charge in [-0.3, -0.25) is 4.90 Å². The summed E-state index contributed by atoms with van der Waals surface area (Å²) in [7, 11) is 0. The Hall–Kier alpha value is -0.770. The van der Waals surface area contributed by atoms with E-state index >= 15 is 0 Å². The Bertz CT molecular complexity index is 411. The summed E-state index contributed by atoms with van der Waals surface area (Å²) in [6.07, 6.45) is 1.21. The van der Waals surface area contributed by atoms with Crippen molar-refractivity contribution >= 4 is 17.3 Å². The van der Waals surface area contributed by atoms with Crippen molar-refractivity contribution in [1.29, 1.82) is 0 Å². The maximum Gasteiger partial charge on any atom is 0.0407 e. The van der Waals surface area contributed by atoms with Crippen LogP contribution < -0.4 is 10.2 Å². The number of anilines is 1. The summed E-state index contributed by atoms with van der Waals surface area (Å²) >= 11 is 5.96. The van der Waals surface area contributed by atoms with Crippen LogP contribution in [0.1, 0.15) is 27.2 Å². The van der Waals surface area contributed by atoms with E-state index in [0.29, 0.717) is 12.1 Å². The Morgan fingerprint density at radius 1 is 1.10 bits per heavy atom. The summed E-state index contributed by atoms with van der Waals surface area (Å²) in [5.74, 6) is 0. The molecule has 3 nitrogen and oxygen atoms in total. The van der Waals surface area contributed by atoms with Gasteiger partial charge in [-0.2, -0.15) is 0 Å². The molecule has 118 valence electrons. The summed E-state index contributed by atoms with van der Waals surface area (Å²) in [5, 5.41) is 4.38. The number of halogens is 1. The molecule has 0 radical (unpaired) electrons. The van der Waals surface area contributed by atoms with Gasteiger partial charge in [0.05, 0.1) is 0 Å². The second kappa shape index (κ2) is 8.02. The maximum atomic E-state index is 5.96. The van der Waals surface area contributed by atoms with Crippen molar-refractivity contribution < 1.29 is 0 Å². The van der Waals surface area contributed by atoms with Gasteiger partial charge < -0.3 is 10.2 Å². The zero-order valence-corrected chi connectivity index (χ0v) is 14.2. The molecule has 1 aliphatic heterocycles. The number of nitrogens with one attached hydrogen (secondary N) is 1. The number of piperazine rings is 1. The molecule has 1 unspecified atom stereocenters. The molecule has 2 rings (SSSR count). The van der Waals surface area contributed by atoms with E-state index in [1.165, 1.54) is 12.1 Å². The molecule has 1 heterocycles. The number of hydrogen-bond acceptors (Lipinski definition) is 3. The molecule has 0 bridgehead atoms. The van der Waals surface area contributed by atoms with E-state index in [9.17, 15) is 0 Å². The fourth-order valence-corrected chi connectivity index (χ4v) is 3.03. The lowest BCUT2D eigenvalue weighted by Gasteiger charge is -2.40. The summed E-state index contributed by atoms with van der Waals surface area (Å²) in [5.41, 5.74) is 1.28. The van der Waals surface area contributed by atoms with Gasteiger partial charge in [0.2, 0.25) is 0 Å². The second-order valence-electron chi connectivity index (χ2n) is 6.12. The first-order valence-electron chi connectivity index (χ1n) is 8.08. The lowest BCUT2D eigenvalue weighted by molar-refractivity contribution is 0.174. The molecule has 0 aromatic heterocycles. The number of benzene rings is 1. The van der Waals surface area contributed by atoms with Crippen molar-refractivity contribution in [3.63, 3.8) is 0 Å². The predicted molar refractivity (Wildman–Crippen MR) is 92.5 cm³/mol. The van der Waals surface area contributed by atoms with Crippen LogP contribution in [0.4, 0.5) is 5.69 Å². The van der Waals surface area contributed by atoms with Crippen LogP contribution in [0.2, 0.25) is 5.02 Å². The van der Waals surface area contributed by atoms with Crippen LogP contribution in [-0.4, -0.2) is 49.7 Å². The molecule has 1 atom stereocenters. The van der Waals surface area contributed by atoms with Gasteiger partial charge in [-0.15, -0.1) is 0 Å². The van der Waals surface area contributed by atoms with E-state index in [2.05, 4.69) is 48.0 Å². The zero-order valence-electron chi connectivity index (χ0n) is 13.5. The van der Waals surface area contributed by atoms with Crippen molar-refractivity contribution in [2.75, 3.05) is 37.6 Å². The molecular formula is C17H28ClN3. The fourth-order valence-electron chi connectivity index (χ4n) is 2.90. The van der Waals surface area contributed by atoms with Crippen LogP contribution in [-0.2, 0) is 0 Å². The molecule has 0 aliphatic carbocycles. The molecule has 1 aliphatic rings. The first kappa shape index (κ1) is 16.6. The Labute approximate surface area is 134 Å². The normalized spacial score (nSPS) is 18.2. The Morgan fingerprint density at radius 3 is 2.24 bits per heavy atom. The van der Waals surface area contributed by atoms with Crippen molar-refractivity contribution in [3.05, 3.63) is 29.3 Å². The van der Waals surface area contributed by atoms with Crippen molar-refractivity contribution in [3.8, 4) is 0 Å². The summed E-state index contributed by atoms with van der Waals surface area (Å²) < 4.78 is 0. The molecule has 0 spiro atoms. The Morgan fingerprint density at radius 2 is 1.71 bits per heavy atom. The van der Waals surface area contributed by atoms with Gasteiger partial charge in [0, 0.05) is 55.5 Å². The van der Waals surface area contributed by atoms with E-state index in [0.717, 1.165) is 37.7 Å². The van der Waals surface area contributed by atoms with Gasteiger partial charge >= 0.3 is 0 Å². The van der Waals surface area contributed by atoms with E-state index in [-0.39, 0.29) is 0 Å². The summed E-state index contributed by atoms with van der Waals surface area (Å²) in [6.45, 7) is 12.3. The van der Waals surface area contributed by atoms with Crippen LogP contribution >= 0.6 is 11.6 Å². The molecule has 21 heavy (non-hydrogen) atoms. The molecule has 1 aromatic carbocycles. The van der Waals surface area contributed by atoms with E-state index < -0.39 is 0 Å². The summed E-state index contributed by atoms with van der Waals surface area (Å²) in [4.78, 5) is 5.08. The average molecular weight is 310 g/mol. The molecule has 1 aromatic rings.